The molecule has 1 heterocycles. The molecule has 2 rings (SSSR count). The molecule has 0 unspecified atom stereocenters. The molecule has 0 aliphatic heterocycles. The Morgan fingerprint density at radius 1 is 1.25 bits per heavy atom. The van der Waals surface area contributed by atoms with Gasteiger partial charge in [0, 0.05) is 26.1 Å². The normalized spacial score (nSPS) is 11.0. The average Bonchev–Trinajstić information content (AvgIpc) is 2.81. The summed E-state index contributed by atoms with van der Waals surface area (Å²) in [4.78, 5) is 0. The lowest BCUT2D eigenvalue weighted by molar-refractivity contribution is 0.185. The number of alkyl halides is 1. The number of halogens is 3. The largest absolute Gasteiger partial charge is 0.383 e. The highest BCUT2D eigenvalue weighted by Crippen LogP contribution is 2.15. The quantitative estimate of drug-likeness (QED) is 0.755. The lowest BCUT2D eigenvalue weighted by Gasteiger charge is -2.09. The van der Waals surface area contributed by atoms with Crippen LogP contribution in [0.2, 0.25) is 0 Å². The third-order valence-electron chi connectivity index (χ3n) is 2.91. The van der Waals surface area contributed by atoms with Gasteiger partial charge in [0.1, 0.15) is 23.3 Å². The van der Waals surface area contributed by atoms with Gasteiger partial charge in [0.25, 0.3) is 0 Å². The molecule has 0 saturated heterocycles. The van der Waals surface area contributed by atoms with Gasteiger partial charge in [-0.15, -0.1) is 10.2 Å². The maximum atomic E-state index is 13.7. The molecule has 0 fully saturated rings. The van der Waals surface area contributed by atoms with E-state index in [1.165, 1.54) is 12.1 Å². The summed E-state index contributed by atoms with van der Waals surface area (Å²) >= 11 is 3.34. The van der Waals surface area contributed by atoms with E-state index < -0.39 is 11.6 Å². The van der Waals surface area contributed by atoms with Crippen molar-refractivity contribution < 1.29 is 13.5 Å². The smallest absolute Gasteiger partial charge is 0.143 e. The summed E-state index contributed by atoms with van der Waals surface area (Å²) in [7, 11) is 1.61. The van der Waals surface area contributed by atoms with Crippen LogP contribution in [0.1, 0.15) is 17.2 Å². The molecular weight excluding hydrogens is 332 g/mol. The zero-order valence-corrected chi connectivity index (χ0v) is 12.5. The van der Waals surface area contributed by atoms with Crippen molar-refractivity contribution in [3.05, 3.63) is 47.0 Å². The number of nitrogens with zero attached hydrogens (tertiary/aromatic N) is 3. The first-order valence-electron chi connectivity index (χ1n) is 6.05. The summed E-state index contributed by atoms with van der Waals surface area (Å²) in [6.07, 6.45) is 0.260. The minimum Gasteiger partial charge on any atom is -0.383 e. The second-order valence-corrected chi connectivity index (χ2v) is 4.78. The highest BCUT2D eigenvalue weighted by atomic mass is 79.9. The van der Waals surface area contributed by atoms with Crippen molar-refractivity contribution in [2.24, 2.45) is 0 Å². The molecule has 4 nitrogen and oxygen atoms in total. The van der Waals surface area contributed by atoms with Crippen molar-refractivity contribution in [3.8, 4) is 0 Å². The van der Waals surface area contributed by atoms with Gasteiger partial charge in [-0.2, -0.15) is 0 Å². The maximum absolute atomic E-state index is 13.7. The first kappa shape index (κ1) is 15.1. The predicted molar refractivity (Wildman–Crippen MR) is 73.7 cm³/mol. The number of rotatable bonds is 6. The van der Waals surface area contributed by atoms with E-state index in [1.54, 1.807) is 7.11 Å². The van der Waals surface area contributed by atoms with Gasteiger partial charge in [-0.25, -0.2) is 8.78 Å². The van der Waals surface area contributed by atoms with Gasteiger partial charge in [0.2, 0.25) is 0 Å². The van der Waals surface area contributed by atoms with Crippen molar-refractivity contribution in [1.82, 2.24) is 14.8 Å². The van der Waals surface area contributed by atoms with Crippen LogP contribution >= 0.6 is 15.9 Å². The van der Waals surface area contributed by atoms with Gasteiger partial charge in [-0.1, -0.05) is 22.0 Å². The number of ether oxygens (including phenoxy) is 1. The molecule has 0 bridgehead atoms. The fraction of sp³-hybridized carbons (Fsp3) is 0.385. The van der Waals surface area contributed by atoms with Gasteiger partial charge in [-0.3, -0.25) is 0 Å². The van der Waals surface area contributed by atoms with E-state index in [1.807, 2.05) is 4.57 Å². The molecule has 1 aromatic carbocycles. The number of benzene rings is 1. The Morgan fingerprint density at radius 2 is 2.00 bits per heavy atom. The SMILES string of the molecule is COCCn1c(CBr)nnc1Cc1ccc(F)cc1F. The minimum absolute atomic E-state index is 0.260. The van der Waals surface area contributed by atoms with E-state index in [0.717, 1.165) is 11.9 Å². The molecular formula is C13H14BrF2N3O. The van der Waals surface area contributed by atoms with Crippen LogP contribution in [0, 0.1) is 11.6 Å². The van der Waals surface area contributed by atoms with Gasteiger partial charge < -0.3 is 9.30 Å². The minimum atomic E-state index is -0.590. The molecule has 0 amide bonds. The Bertz CT molecular complexity index is 589. The number of hydrogen-bond acceptors (Lipinski definition) is 3. The lowest BCUT2D eigenvalue weighted by atomic mass is 10.1. The molecule has 7 heteroatoms. The molecule has 2 aromatic rings. The van der Waals surface area contributed by atoms with Crippen molar-refractivity contribution in [2.45, 2.75) is 18.3 Å². The van der Waals surface area contributed by atoms with Crippen molar-refractivity contribution in [2.75, 3.05) is 13.7 Å². The Hall–Kier alpha value is -1.34. The molecule has 0 saturated carbocycles. The van der Waals surface area contributed by atoms with E-state index in [2.05, 4.69) is 26.1 Å². The zero-order chi connectivity index (χ0) is 14.5. The van der Waals surface area contributed by atoms with Crippen LogP contribution in [-0.4, -0.2) is 28.5 Å². The second kappa shape index (κ2) is 6.90. The van der Waals surface area contributed by atoms with Crippen LogP contribution in [-0.2, 0) is 23.0 Å². The zero-order valence-electron chi connectivity index (χ0n) is 10.9. The van der Waals surface area contributed by atoms with Crippen LogP contribution in [0.4, 0.5) is 8.78 Å². The molecule has 0 aliphatic carbocycles. The number of methoxy groups -OCH3 is 1. The Balaban J connectivity index is 2.26. The molecule has 108 valence electrons. The Kier molecular flexibility index (Phi) is 5.19. The van der Waals surface area contributed by atoms with E-state index in [0.29, 0.717) is 29.9 Å². The van der Waals surface area contributed by atoms with Crippen LogP contribution < -0.4 is 0 Å². The number of aromatic nitrogens is 3. The fourth-order valence-electron chi connectivity index (χ4n) is 1.88. The van der Waals surface area contributed by atoms with E-state index in [4.69, 9.17) is 4.74 Å². The predicted octanol–water partition coefficient (Wildman–Crippen LogP) is 2.69. The van der Waals surface area contributed by atoms with Crippen molar-refractivity contribution in [1.29, 1.82) is 0 Å². The second-order valence-electron chi connectivity index (χ2n) is 4.22. The third kappa shape index (κ3) is 3.40. The summed E-state index contributed by atoms with van der Waals surface area (Å²) in [5.41, 5.74) is 0.388. The fourth-order valence-corrected chi connectivity index (χ4v) is 2.29. The topological polar surface area (TPSA) is 39.9 Å². The van der Waals surface area contributed by atoms with Crippen LogP contribution in [0.25, 0.3) is 0 Å². The molecule has 20 heavy (non-hydrogen) atoms. The summed E-state index contributed by atoms with van der Waals surface area (Å²) in [6, 6.07) is 3.53. The molecule has 0 atom stereocenters. The van der Waals surface area contributed by atoms with Gasteiger partial charge in [0.05, 0.1) is 11.9 Å². The number of hydrogen-bond donors (Lipinski definition) is 0. The van der Waals surface area contributed by atoms with Crippen LogP contribution in [0.15, 0.2) is 18.2 Å². The third-order valence-corrected chi connectivity index (χ3v) is 3.41. The Morgan fingerprint density at radius 3 is 2.65 bits per heavy atom. The molecule has 0 spiro atoms. The monoisotopic (exact) mass is 345 g/mol. The Labute approximate surface area is 123 Å². The molecule has 0 N–H and O–H groups in total. The first-order chi connectivity index (χ1) is 9.65. The van der Waals surface area contributed by atoms with Gasteiger partial charge in [0.15, 0.2) is 0 Å². The molecule has 0 radical (unpaired) electrons. The molecule has 1 aromatic heterocycles. The van der Waals surface area contributed by atoms with Gasteiger partial charge >= 0.3 is 0 Å². The first-order valence-corrected chi connectivity index (χ1v) is 7.17. The maximum Gasteiger partial charge on any atom is 0.143 e. The highest BCUT2D eigenvalue weighted by Gasteiger charge is 2.13. The molecule has 0 aliphatic rings. The summed E-state index contributed by atoms with van der Waals surface area (Å²) in [5, 5.41) is 8.66. The standard InChI is InChI=1S/C13H14BrF2N3O/c1-20-5-4-19-12(17-18-13(19)8-14)6-9-2-3-10(15)7-11(9)16/h2-3,7H,4-6,8H2,1H3. The van der Waals surface area contributed by atoms with Crippen molar-refractivity contribution in [3.63, 3.8) is 0 Å². The lowest BCUT2D eigenvalue weighted by Crippen LogP contribution is -2.12. The van der Waals surface area contributed by atoms with E-state index in [-0.39, 0.29) is 6.42 Å². The summed E-state index contributed by atoms with van der Waals surface area (Å²) < 4.78 is 33.5. The van der Waals surface area contributed by atoms with Gasteiger partial charge in [-0.05, 0) is 11.6 Å². The van der Waals surface area contributed by atoms with Crippen LogP contribution in [0.3, 0.4) is 0 Å². The average molecular weight is 346 g/mol. The summed E-state index contributed by atoms with van der Waals surface area (Å²) in [6.45, 7) is 1.10. The van der Waals surface area contributed by atoms with Crippen molar-refractivity contribution >= 4 is 15.9 Å². The van der Waals surface area contributed by atoms with E-state index in [9.17, 15) is 8.78 Å². The van der Waals surface area contributed by atoms with Crippen LogP contribution in [0.5, 0.6) is 0 Å². The van der Waals surface area contributed by atoms with E-state index >= 15 is 0 Å². The summed E-state index contributed by atoms with van der Waals surface area (Å²) in [5.74, 6) is 0.210. The highest BCUT2D eigenvalue weighted by molar-refractivity contribution is 9.08.